The molecule has 3 amide bonds. The number of aliphatic hydroxyl groups is 1. The molecule has 1 aliphatic heterocycles. The predicted molar refractivity (Wildman–Crippen MR) is 74.4 cm³/mol. The van der Waals surface area contributed by atoms with E-state index in [0.717, 1.165) is 12.8 Å². The number of carbonyl (C=O) groups excluding carboxylic acids is 2. The number of carboxylic acid groups (broad SMARTS) is 1. The van der Waals surface area contributed by atoms with Crippen molar-refractivity contribution in [2.75, 3.05) is 19.7 Å². The number of amides is 3. The van der Waals surface area contributed by atoms with Crippen LogP contribution >= 0.6 is 0 Å². The molecule has 0 bridgehead atoms. The molecule has 1 aliphatic rings. The highest BCUT2D eigenvalue weighted by Gasteiger charge is 2.27. The van der Waals surface area contributed by atoms with Crippen molar-refractivity contribution >= 4 is 17.9 Å². The van der Waals surface area contributed by atoms with E-state index in [1.54, 1.807) is 4.90 Å². The van der Waals surface area contributed by atoms with Crippen molar-refractivity contribution in [2.24, 2.45) is 11.7 Å². The summed E-state index contributed by atoms with van der Waals surface area (Å²) in [5, 5.41) is 20.4. The summed E-state index contributed by atoms with van der Waals surface area (Å²) in [5.74, 6) is -1.55. The van der Waals surface area contributed by atoms with E-state index >= 15 is 0 Å². The van der Waals surface area contributed by atoms with Crippen LogP contribution in [0.3, 0.4) is 0 Å². The zero-order valence-electron chi connectivity index (χ0n) is 12.0. The molecular weight excluding hydrogens is 278 g/mol. The van der Waals surface area contributed by atoms with Gasteiger partial charge in [0.15, 0.2) is 0 Å². The van der Waals surface area contributed by atoms with E-state index in [4.69, 9.17) is 15.9 Å². The maximum Gasteiger partial charge on any atom is 0.326 e. The van der Waals surface area contributed by atoms with Crippen molar-refractivity contribution in [3.63, 3.8) is 0 Å². The number of carboxylic acids is 1. The van der Waals surface area contributed by atoms with Crippen molar-refractivity contribution in [3.05, 3.63) is 0 Å². The largest absolute Gasteiger partial charge is 0.480 e. The van der Waals surface area contributed by atoms with Gasteiger partial charge in [0, 0.05) is 26.1 Å². The molecule has 2 atom stereocenters. The second-order valence-corrected chi connectivity index (χ2v) is 5.31. The summed E-state index contributed by atoms with van der Waals surface area (Å²) < 4.78 is 0. The van der Waals surface area contributed by atoms with Crippen LogP contribution in [0.4, 0.5) is 4.79 Å². The molecule has 1 rings (SSSR count). The van der Waals surface area contributed by atoms with Gasteiger partial charge in [0.1, 0.15) is 6.04 Å². The van der Waals surface area contributed by atoms with Crippen LogP contribution in [0.1, 0.15) is 32.1 Å². The summed E-state index contributed by atoms with van der Waals surface area (Å²) in [7, 11) is 0. The highest BCUT2D eigenvalue weighted by atomic mass is 16.4. The van der Waals surface area contributed by atoms with Gasteiger partial charge in [-0.2, -0.15) is 0 Å². The van der Waals surface area contributed by atoms with Crippen LogP contribution in [-0.4, -0.2) is 58.8 Å². The van der Waals surface area contributed by atoms with Gasteiger partial charge in [-0.05, 0) is 31.6 Å². The number of rotatable bonds is 7. The van der Waals surface area contributed by atoms with Crippen LogP contribution in [-0.2, 0) is 9.59 Å². The third-order valence-corrected chi connectivity index (χ3v) is 3.62. The maximum atomic E-state index is 12.1. The number of aliphatic carboxylic acids is 1. The summed E-state index contributed by atoms with van der Waals surface area (Å²) in [5.41, 5.74) is 4.99. The molecule has 0 aromatic heterocycles. The highest BCUT2D eigenvalue weighted by molar-refractivity contribution is 5.83. The Labute approximate surface area is 123 Å². The summed E-state index contributed by atoms with van der Waals surface area (Å²) in [6, 6.07) is -1.57. The second-order valence-electron chi connectivity index (χ2n) is 5.31. The summed E-state index contributed by atoms with van der Waals surface area (Å²) in [6.07, 6.45) is 2.30. The van der Waals surface area contributed by atoms with Gasteiger partial charge in [-0.1, -0.05) is 0 Å². The molecule has 21 heavy (non-hydrogen) atoms. The Hall–Kier alpha value is -1.83. The van der Waals surface area contributed by atoms with E-state index in [2.05, 4.69) is 5.32 Å². The molecule has 0 saturated carbocycles. The molecule has 0 radical (unpaired) electrons. The summed E-state index contributed by atoms with van der Waals surface area (Å²) in [4.78, 5) is 35.4. The number of hydrogen-bond donors (Lipinski definition) is 4. The molecular formula is C13H23N3O5. The first-order chi connectivity index (χ1) is 9.93. The van der Waals surface area contributed by atoms with Crippen molar-refractivity contribution in [1.29, 1.82) is 0 Å². The molecule has 1 heterocycles. The van der Waals surface area contributed by atoms with E-state index in [1.165, 1.54) is 0 Å². The van der Waals surface area contributed by atoms with Crippen molar-refractivity contribution < 1.29 is 24.6 Å². The molecule has 8 nitrogen and oxygen atoms in total. The third-order valence-electron chi connectivity index (χ3n) is 3.62. The molecule has 0 aliphatic carbocycles. The number of carbonyl (C=O) groups is 3. The number of hydrogen-bond acceptors (Lipinski definition) is 4. The molecule has 0 aromatic rings. The van der Waals surface area contributed by atoms with Gasteiger partial charge < -0.3 is 26.2 Å². The summed E-state index contributed by atoms with van der Waals surface area (Å²) in [6.45, 7) is 1.15. The number of nitrogens with two attached hydrogens (primary N) is 1. The van der Waals surface area contributed by atoms with Crippen LogP contribution in [0.5, 0.6) is 0 Å². The molecule has 1 saturated heterocycles. The van der Waals surface area contributed by atoms with Crippen molar-refractivity contribution in [3.8, 4) is 0 Å². The highest BCUT2D eigenvalue weighted by Crippen LogP contribution is 2.19. The molecule has 8 heteroatoms. The fraction of sp³-hybridized carbons (Fsp3) is 0.769. The minimum Gasteiger partial charge on any atom is -0.480 e. The molecule has 0 aromatic carbocycles. The van der Waals surface area contributed by atoms with E-state index in [-0.39, 0.29) is 25.4 Å². The number of nitrogens with one attached hydrogen (secondary N) is 1. The number of piperidine rings is 1. The lowest BCUT2D eigenvalue weighted by molar-refractivity contribution is -0.139. The van der Waals surface area contributed by atoms with E-state index in [1.807, 2.05) is 0 Å². The Morgan fingerprint density at radius 3 is 2.67 bits per heavy atom. The SMILES string of the molecule is NC(=O)CCC(NC(=O)N1CCCC(CCO)C1)C(=O)O. The fourth-order valence-corrected chi connectivity index (χ4v) is 2.45. The Morgan fingerprint density at radius 1 is 1.38 bits per heavy atom. The van der Waals surface area contributed by atoms with Crippen LogP contribution in [0.15, 0.2) is 0 Å². The van der Waals surface area contributed by atoms with Crippen LogP contribution in [0, 0.1) is 5.92 Å². The van der Waals surface area contributed by atoms with Crippen LogP contribution in [0.2, 0.25) is 0 Å². The minimum atomic E-state index is -1.19. The zero-order chi connectivity index (χ0) is 15.8. The van der Waals surface area contributed by atoms with Gasteiger partial charge in [-0.15, -0.1) is 0 Å². The zero-order valence-corrected chi connectivity index (χ0v) is 12.0. The molecule has 5 N–H and O–H groups in total. The predicted octanol–water partition coefficient (Wildman–Crippen LogP) is -0.491. The van der Waals surface area contributed by atoms with E-state index in [9.17, 15) is 14.4 Å². The lowest BCUT2D eigenvalue weighted by atomic mass is 9.95. The third kappa shape index (κ3) is 5.99. The average molecular weight is 301 g/mol. The normalized spacial score (nSPS) is 19.9. The Balaban J connectivity index is 2.52. The second kappa shape index (κ2) is 8.46. The molecule has 1 fully saturated rings. The first-order valence-corrected chi connectivity index (χ1v) is 7.11. The van der Waals surface area contributed by atoms with E-state index < -0.39 is 23.9 Å². The quantitative estimate of drug-likeness (QED) is 0.503. The smallest absolute Gasteiger partial charge is 0.326 e. The average Bonchev–Trinajstić information content (AvgIpc) is 2.43. The Kier molecular flexibility index (Phi) is 6.93. The monoisotopic (exact) mass is 301 g/mol. The topological polar surface area (TPSA) is 133 Å². The molecule has 0 spiro atoms. The molecule has 120 valence electrons. The summed E-state index contributed by atoms with van der Waals surface area (Å²) >= 11 is 0. The van der Waals surface area contributed by atoms with E-state index in [0.29, 0.717) is 19.5 Å². The number of aliphatic hydroxyl groups excluding tert-OH is 1. The van der Waals surface area contributed by atoms with Gasteiger partial charge in [0.05, 0.1) is 0 Å². The minimum absolute atomic E-state index is 0.0235. The van der Waals surface area contributed by atoms with Gasteiger partial charge in [-0.25, -0.2) is 9.59 Å². The van der Waals surface area contributed by atoms with Gasteiger partial charge in [0.2, 0.25) is 5.91 Å². The fourth-order valence-electron chi connectivity index (χ4n) is 2.45. The number of primary amides is 1. The Morgan fingerprint density at radius 2 is 2.10 bits per heavy atom. The molecule has 2 unspecified atom stereocenters. The number of likely N-dealkylation sites (tertiary alicyclic amines) is 1. The number of nitrogens with zero attached hydrogens (tertiary/aromatic N) is 1. The number of urea groups is 1. The van der Waals surface area contributed by atoms with Crippen LogP contribution < -0.4 is 11.1 Å². The van der Waals surface area contributed by atoms with Crippen molar-refractivity contribution in [1.82, 2.24) is 10.2 Å². The standard InChI is InChI=1S/C13H23N3O5/c14-11(18)4-3-10(12(19)20)15-13(21)16-6-1-2-9(8-16)5-7-17/h9-10,17H,1-8H2,(H2,14,18)(H,15,21)(H,19,20). The lowest BCUT2D eigenvalue weighted by Gasteiger charge is -2.33. The van der Waals surface area contributed by atoms with Gasteiger partial charge in [-0.3, -0.25) is 4.79 Å². The van der Waals surface area contributed by atoms with Crippen LogP contribution in [0.25, 0.3) is 0 Å². The first-order valence-electron chi connectivity index (χ1n) is 7.11. The first kappa shape index (κ1) is 17.2. The van der Waals surface area contributed by atoms with Gasteiger partial charge >= 0.3 is 12.0 Å². The maximum absolute atomic E-state index is 12.1. The Bertz CT molecular complexity index is 386. The van der Waals surface area contributed by atoms with Gasteiger partial charge in [0.25, 0.3) is 0 Å². The lowest BCUT2D eigenvalue weighted by Crippen LogP contribution is -2.51. The van der Waals surface area contributed by atoms with Crippen molar-refractivity contribution in [2.45, 2.75) is 38.1 Å².